The minimum absolute atomic E-state index is 0.310. The van der Waals surface area contributed by atoms with Gasteiger partial charge in [0.2, 0.25) is 0 Å². The molecule has 3 rings (SSSR count). The first kappa shape index (κ1) is 12.9. The van der Waals surface area contributed by atoms with Crippen molar-refractivity contribution in [1.82, 2.24) is 15.0 Å². The van der Waals surface area contributed by atoms with Gasteiger partial charge in [0.05, 0.1) is 11.2 Å². The number of para-hydroxylation sites is 1. The van der Waals surface area contributed by atoms with E-state index in [0.717, 1.165) is 28.0 Å². The summed E-state index contributed by atoms with van der Waals surface area (Å²) in [5.41, 5.74) is 2.99. The van der Waals surface area contributed by atoms with Gasteiger partial charge in [0.1, 0.15) is 10.5 Å². The van der Waals surface area contributed by atoms with Crippen LogP contribution in [0.15, 0.2) is 42.6 Å². The third-order valence-corrected chi connectivity index (χ3v) is 3.42. The third kappa shape index (κ3) is 2.47. The molecule has 0 saturated heterocycles. The second-order valence-electron chi connectivity index (χ2n) is 5.09. The zero-order chi connectivity index (χ0) is 14.1. The van der Waals surface area contributed by atoms with Crippen LogP contribution in [0.3, 0.4) is 0 Å². The molecule has 4 heteroatoms. The molecule has 2 aromatic heterocycles. The largest absolute Gasteiger partial charge is 0.343 e. The van der Waals surface area contributed by atoms with Crippen LogP contribution in [0.1, 0.15) is 25.6 Å². The molecular formula is C16H15N3S. The maximum absolute atomic E-state index is 5.25. The number of pyridine rings is 1. The predicted molar refractivity (Wildman–Crippen MR) is 84.2 cm³/mol. The second kappa shape index (κ2) is 5.13. The smallest absolute Gasteiger partial charge is 0.130 e. The fourth-order valence-electron chi connectivity index (χ4n) is 2.12. The lowest BCUT2D eigenvalue weighted by Crippen LogP contribution is -1.99. The van der Waals surface area contributed by atoms with Crippen molar-refractivity contribution in [3.63, 3.8) is 0 Å². The van der Waals surface area contributed by atoms with Crippen LogP contribution in [-0.2, 0) is 0 Å². The molecule has 0 atom stereocenters. The summed E-state index contributed by atoms with van der Waals surface area (Å²) in [5.74, 6) is 1.21. The van der Waals surface area contributed by atoms with Gasteiger partial charge in [-0.05, 0) is 18.2 Å². The van der Waals surface area contributed by atoms with Gasteiger partial charge < -0.3 is 4.98 Å². The lowest BCUT2D eigenvalue weighted by Gasteiger charge is -2.09. The van der Waals surface area contributed by atoms with Crippen molar-refractivity contribution < 1.29 is 0 Å². The number of benzene rings is 1. The van der Waals surface area contributed by atoms with Gasteiger partial charge in [-0.25, -0.2) is 4.98 Å². The highest BCUT2D eigenvalue weighted by Crippen LogP contribution is 2.22. The van der Waals surface area contributed by atoms with Gasteiger partial charge in [0.15, 0.2) is 0 Å². The maximum atomic E-state index is 5.25. The monoisotopic (exact) mass is 281 g/mol. The SMILES string of the molecule is CC(C)c1nc(=S)cc(-c2cnc3ccccc3c2)[nH]1. The number of aromatic nitrogens is 3. The molecule has 0 spiro atoms. The first-order chi connectivity index (χ1) is 9.63. The number of nitrogens with zero attached hydrogens (tertiary/aromatic N) is 2. The van der Waals surface area contributed by atoms with Gasteiger partial charge in [-0.2, -0.15) is 0 Å². The number of fused-ring (bicyclic) bond motifs is 1. The van der Waals surface area contributed by atoms with Crippen molar-refractivity contribution in [3.05, 3.63) is 53.1 Å². The number of H-pyrrole nitrogens is 1. The Balaban J connectivity index is 2.17. The Bertz CT molecular complexity index is 821. The lowest BCUT2D eigenvalue weighted by molar-refractivity contribution is 0.773. The Kier molecular flexibility index (Phi) is 3.32. The fraction of sp³-hybridized carbons (Fsp3) is 0.188. The molecule has 0 aliphatic heterocycles. The summed E-state index contributed by atoms with van der Waals surface area (Å²) in [7, 11) is 0. The van der Waals surface area contributed by atoms with Crippen LogP contribution in [-0.4, -0.2) is 15.0 Å². The van der Waals surface area contributed by atoms with Crippen LogP contribution >= 0.6 is 12.2 Å². The second-order valence-corrected chi connectivity index (χ2v) is 5.51. The molecule has 3 nitrogen and oxygen atoms in total. The number of hydrogen-bond donors (Lipinski definition) is 1. The number of rotatable bonds is 2. The molecule has 0 radical (unpaired) electrons. The van der Waals surface area contributed by atoms with E-state index in [2.05, 4.69) is 40.9 Å². The van der Waals surface area contributed by atoms with Crippen molar-refractivity contribution in [2.24, 2.45) is 0 Å². The van der Waals surface area contributed by atoms with Gasteiger partial charge in [-0.3, -0.25) is 4.98 Å². The first-order valence-electron chi connectivity index (χ1n) is 6.60. The van der Waals surface area contributed by atoms with Gasteiger partial charge in [0, 0.05) is 23.1 Å². The van der Waals surface area contributed by atoms with E-state index >= 15 is 0 Å². The van der Waals surface area contributed by atoms with Crippen LogP contribution in [0.5, 0.6) is 0 Å². The Morgan fingerprint density at radius 3 is 2.75 bits per heavy atom. The van der Waals surface area contributed by atoms with Gasteiger partial charge in [-0.1, -0.05) is 44.3 Å². The molecule has 0 aliphatic carbocycles. The van der Waals surface area contributed by atoms with E-state index in [4.69, 9.17) is 12.2 Å². The zero-order valence-corrected chi connectivity index (χ0v) is 12.2. The van der Waals surface area contributed by atoms with Crippen molar-refractivity contribution >= 4 is 23.1 Å². The first-order valence-corrected chi connectivity index (χ1v) is 7.01. The molecule has 0 amide bonds. The minimum atomic E-state index is 0.310. The van der Waals surface area contributed by atoms with Crippen molar-refractivity contribution in [3.8, 4) is 11.3 Å². The fourth-order valence-corrected chi connectivity index (χ4v) is 2.34. The molecule has 0 fully saturated rings. The molecule has 1 N–H and O–H groups in total. The summed E-state index contributed by atoms with van der Waals surface area (Å²) in [6, 6.07) is 12.1. The highest BCUT2D eigenvalue weighted by Gasteiger charge is 2.06. The maximum Gasteiger partial charge on any atom is 0.130 e. The Hall–Kier alpha value is -2.07. The van der Waals surface area contributed by atoms with Crippen LogP contribution in [0.2, 0.25) is 0 Å². The Morgan fingerprint density at radius 1 is 1.15 bits per heavy atom. The summed E-state index contributed by atoms with van der Waals surface area (Å²) >= 11 is 5.25. The zero-order valence-electron chi connectivity index (χ0n) is 11.4. The highest BCUT2D eigenvalue weighted by molar-refractivity contribution is 7.71. The molecule has 3 aromatic rings. The van der Waals surface area contributed by atoms with Gasteiger partial charge in [-0.15, -0.1) is 0 Å². The normalized spacial score (nSPS) is 11.2. The summed E-state index contributed by atoms with van der Waals surface area (Å²) in [4.78, 5) is 12.2. The molecule has 100 valence electrons. The van der Waals surface area contributed by atoms with E-state index in [9.17, 15) is 0 Å². The van der Waals surface area contributed by atoms with Gasteiger partial charge >= 0.3 is 0 Å². The molecule has 0 saturated carbocycles. The third-order valence-electron chi connectivity index (χ3n) is 3.21. The minimum Gasteiger partial charge on any atom is -0.343 e. The van der Waals surface area contributed by atoms with Gasteiger partial charge in [0.25, 0.3) is 0 Å². The highest BCUT2D eigenvalue weighted by atomic mass is 32.1. The average molecular weight is 281 g/mol. The Labute approximate surface area is 122 Å². The summed E-state index contributed by atoms with van der Waals surface area (Å²) in [6.07, 6.45) is 1.87. The van der Waals surface area contributed by atoms with E-state index in [1.54, 1.807) is 0 Å². The topological polar surface area (TPSA) is 41.6 Å². The van der Waals surface area contributed by atoms with Crippen LogP contribution < -0.4 is 0 Å². The van der Waals surface area contributed by atoms with Crippen LogP contribution in [0.25, 0.3) is 22.2 Å². The van der Waals surface area contributed by atoms with E-state index in [1.165, 1.54) is 0 Å². The molecule has 20 heavy (non-hydrogen) atoms. The van der Waals surface area contributed by atoms with E-state index in [0.29, 0.717) is 10.6 Å². The standard InChI is InChI=1S/C16H15N3S/c1-10(2)16-18-14(8-15(20)19-16)12-7-11-5-3-4-6-13(11)17-9-12/h3-10H,1-2H3,(H,18,19,20). The molecule has 0 unspecified atom stereocenters. The average Bonchev–Trinajstić information content (AvgIpc) is 2.46. The molecule has 1 aromatic carbocycles. The number of aromatic amines is 1. The quantitative estimate of drug-likeness (QED) is 0.704. The number of nitrogens with one attached hydrogen (secondary N) is 1. The van der Waals surface area contributed by atoms with Crippen molar-refractivity contribution in [2.75, 3.05) is 0 Å². The lowest BCUT2D eigenvalue weighted by atomic mass is 10.1. The Morgan fingerprint density at radius 2 is 1.95 bits per heavy atom. The van der Waals surface area contributed by atoms with E-state index in [1.807, 2.05) is 30.5 Å². The summed E-state index contributed by atoms with van der Waals surface area (Å²) in [5, 5.41) is 1.12. The van der Waals surface area contributed by atoms with Crippen LogP contribution in [0.4, 0.5) is 0 Å². The summed E-state index contributed by atoms with van der Waals surface area (Å²) < 4.78 is 0.607. The molecular weight excluding hydrogens is 266 g/mol. The van der Waals surface area contributed by atoms with E-state index in [-0.39, 0.29) is 0 Å². The van der Waals surface area contributed by atoms with Crippen LogP contribution in [0, 0.1) is 4.64 Å². The molecule has 0 bridgehead atoms. The summed E-state index contributed by atoms with van der Waals surface area (Å²) in [6.45, 7) is 4.19. The molecule has 0 aliphatic rings. The molecule has 2 heterocycles. The van der Waals surface area contributed by atoms with Crippen molar-refractivity contribution in [2.45, 2.75) is 19.8 Å². The number of hydrogen-bond acceptors (Lipinski definition) is 3. The van der Waals surface area contributed by atoms with Crippen molar-refractivity contribution in [1.29, 1.82) is 0 Å². The predicted octanol–water partition coefficient (Wildman–Crippen LogP) is 4.48. The van der Waals surface area contributed by atoms with E-state index < -0.39 is 0 Å².